The van der Waals surface area contributed by atoms with Crippen molar-refractivity contribution in [2.75, 3.05) is 13.1 Å². The fraction of sp³-hybridized carbons (Fsp3) is 0.471. The molecule has 25 heavy (non-hydrogen) atoms. The molecule has 0 saturated carbocycles. The number of hydrogen-bond acceptors (Lipinski definition) is 4. The van der Waals surface area contributed by atoms with Crippen LogP contribution in [0.25, 0.3) is 11.0 Å². The van der Waals surface area contributed by atoms with Crippen LogP contribution < -0.4 is 0 Å². The minimum absolute atomic E-state index is 0.201. The number of nitrogens with zero attached hydrogens (tertiary/aromatic N) is 4. The Morgan fingerprint density at radius 2 is 1.84 bits per heavy atom. The number of carboxylic acid groups (broad SMARTS) is 1. The molecular formula is C17H20F2N4O2. The largest absolute Gasteiger partial charge is 0.465 e. The lowest BCUT2D eigenvalue weighted by Crippen LogP contribution is -2.59. The number of hydrogen-bond donors (Lipinski definition) is 1. The summed E-state index contributed by atoms with van der Waals surface area (Å²) in [6.07, 6.45) is -0.532. The summed E-state index contributed by atoms with van der Waals surface area (Å²) >= 11 is 0. The van der Waals surface area contributed by atoms with Gasteiger partial charge in [0, 0.05) is 37.6 Å². The molecule has 1 saturated heterocycles. The highest BCUT2D eigenvalue weighted by atomic mass is 19.3. The predicted octanol–water partition coefficient (Wildman–Crippen LogP) is 3.01. The predicted molar refractivity (Wildman–Crippen MR) is 88.6 cm³/mol. The molecule has 134 valence electrons. The molecule has 0 spiro atoms. The van der Waals surface area contributed by atoms with Gasteiger partial charge in [0.05, 0.1) is 17.1 Å². The second kappa shape index (κ2) is 6.87. The summed E-state index contributed by atoms with van der Waals surface area (Å²) in [5.41, 5.74) is 1.68. The third kappa shape index (κ3) is 3.39. The van der Waals surface area contributed by atoms with Crippen LogP contribution >= 0.6 is 0 Å². The summed E-state index contributed by atoms with van der Waals surface area (Å²) < 4.78 is 27.8. The summed E-state index contributed by atoms with van der Waals surface area (Å²) in [6.45, 7) is 3.97. The second-order valence-corrected chi connectivity index (χ2v) is 6.41. The van der Waals surface area contributed by atoms with Crippen molar-refractivity contribution in [2.24, 2.45) is 0 Å². The summed E-state index contributed by atoms with van der Waals surface area (Å²) in [6, 6.07) is 3.20. The lowest BCUT2D eigenvalue weighted by Gasteiger charge is -2.46. The van der Waals surface area contributed by atoms with Gasteiger partial charge in [0.15, 0.2) is 0 Å². The Kier molecular flexibility index (Phi) is 4.80. The lowest BCUT2D eigenvalue weighted by atomic mass is 9.99. The van der Waals surface area contributed by atoms with Gasteiger partial charge in [-0.25, -0.2) is 13.6 Å². The van der Waals surface area contributed by atoms with Gasteiger partial charge in [-0.1, -0.05) is 6.07 Å². The summed E-state index contributed by atoms with van der Waals surface area (Å²) in [7, 11) is 0. The molecule has 0 aliphatic carbocycles. The van der Waals surface area contributed by atoms with Crippen molar-refractivity contribution in [2.45, 2.75) is 38.4 Å². The number of amides is 1. The Hall–Kier alpha value is -2.35. The van der Waals surface area contributed by atoms with Crippen molar-refractivity contribution in [1.29, 1.82) is 0 Å². The zero-order valence-electron chi connectivity index (χ0n) is 14.0. The van der Waals surface area contributed by atoms with Crippen LogP contribution in [-0.2, 0) is 0 Å². The fourth-order valence-corrected chi connectivity index (χ4v) is 3.45. The van der Waals surface area contributed by atoms with Crippen LogP contribution in [0.4, 0.5) is 13.6 Å². The zero-order valence-corrected chi connectivity index (χ0v) is 14.0. The standard InChI is InChI=1S/C17H20F2N4O2/c1-10-9-23(17(24)25)11(2)8-22(10)15(16(18)19)12-3-4-13-14(7-12)21-6-5-20-13/h3-7,10-11,15-16H,8-9H2,1-2H3,(H,24,25)/t10-,11+,15?/m1/s1. The van der Waals surface area contributed by atoms with Crippen molar-refractivity contribution < 1.29 is 18.7 Å². The smallest absolute Gasteiger partial charge is 0.407 e. The molecule has 2 aromatic rings. The molecule has 1 aromatic heterocycles. The van der Waals surface area contributed by atoms with Gasteiger partial charge in [-0.2, -0.15) is 0 Å². The third-order valence-corrected chi connectivity index (χ3v) is 4.71. The van der Waals surface area contributed by atoms with Gasteiger partial charge in [0.2, 0.25) is 0 Å². The molecule has 1 amide bonds. The Balaban J connectivity index is 1.93. The number of aromatic nitrogens is 2. The number of piperazine rings is 1. The zero-order chi connectivity index (χ0) is 18.1. The molecule has 1 aliphatic heterocycles. The number of halogens is 2. The molecule has 1 aromatic carbocycles. The van der Waals surface area contributed by atoms with Crippen molar-refractivity contribution in [3.8, 4) is 0 Å². The topological polar surface area (TPSA) is 69.6 Å². The molecular weight excluding hydrogens is 330 g/mol. The average molecular weight is 350 g/mol. The number of alkyl halides is 2. The first-order valence-corrected chi connectivity index (χ1v) is 8.12. The minimum Gasteiger partial charge on any atom is -0.465 e. The van der Waals surface area contributed by atoms with E-state index in [0.29, 0.717) is 16.6 Å². The van der Waals surface area contributed by atoms with Gasteiger partial charge in [0.25, 0.3) is 6.43 Å². The Morgan fingerprint density at radius 1 is 1.16 bits per heavy atom. The molecule has 0 radical (unpaired) electrons. The average Bonchev–Trinajstić information content (AvgIpc) is 2.57. The van der Waals surface area contributed by atoms with Gasteiger partial charge in [-0.05, 0) is 31.5 Å². The van der Waals surface area contributed by atoms with Crippen LogP contribution in [0, 0.1) is 0 Å². The maximum atomic E-state index is 13.9. The van der Waals surface area contributed by atoms with Gasteiger partial charge < -0.3 is 10.0 Å². The highest BCUT2D eigenvalue weighted by molar-refractivity contribution is 5.74. The molecule has 6 nitrogen and oxygen atoms in total. The van der Waals surface area contributed by atoms with E-state index < -0.39 is 18.6 Å². The molecule has 3 atom stereocenters. The van der Waals surface area contributed by atoms with E-state index in [2.05, 4.69) is 9.97 Å². The summed E-state index contributed by atoms with van der Waals surface area (Å²) in [5, 5.41) is 9.24. The molecule has 2 heterocycles. The maximum absolute atomic E-state index is 13.9. The molecule has 3 rings (SSSR count). The minimum atomic E-state index is -2.60. The van der Waals surface area contributed by atoms with Crippen LogP contribution in [0.5, 0.6) is 0 Å². The van der Waals surface area contributed by atoms with E-state index in [1.807, 2.05) is 0 Å². The van der Waals surface area contributed by atoms with E-state index >= 15 is 0 Å². The van der Waals surface area contributed by atoms with Gasteiger partial charge in [0.1, 0.15) is 0 Å². The molecule has 1 aliphatic rings. The van der Waals surface area contributed by atoms with Gasteiger partial charge >= 0.3 is 6.09 Å². The molecule has 1 N–H and O–H groups in total. The second-order valence-electron chi connectivity index (χ2n) is 6.41. The monoisotopic (exact) mass is 350 g/mol. The number of benzene rings is 1. The fourth-order valence-electron chi connectivity index (χ4n) is 3.45. The van der Waals surface area contributed by atoms with Crippen molar-refractivity contribution in [3.05, 3.63) is 36.2 Å². The van der Waals surface area contributed by atoms with Crippen molar-refractivity contribution >= 4 is 17.1 Å². The van der Waals surface area contributed by atoms with E-state index in [9.17, 15) is 18.7 Å². The molecule has 1 fully saturated rings. The van der Waals surface area contributed by atoms with Crippen molar-refractivity contribution in [3.63, 3.8) is 0 Å². The Labute approximate surface area is 144 Å². The van der Waals surface area contributed by atoms with E-state index in [4.69, 9.17) is 0 Å². The third-order valence-electron chi connectivity index (χ3n) is 4.71. The van der Waals surface area contributed by atoms with Crippen LogP contribution in [-0.4, -0.2) is 62.6 Å². The number of fused-ring (bicyclic) bond motifs is 1. The first-order valence-electron chi connectivity index (χ1n) is 8.12. The molecule has 0 bridgehead atoms. The number of rotatable bonds is 3. The van der Waals surface area contributed by atoms with Crippen LogP contribution in [0.3, 0.4) is 0 Å². The first-order chi connectivity index (χ1) is 11.9. The van der Waals surface area contributed by atoms with Crippen molar-refractivity contribution in [1.82, 2.24) is 19.8 Å². The highest BCUT2D eigenvalue weighted by Gasteiger charge is 2.39. The Bertz CT molecular complexity index is 773. The van der Waals surface area contributed by atoms with E-state index in [1.165, 1.54) is 11.1 Å². The van der Waals surface area contributed by atoms with E-state index in [1.54, 1.807) is 43.1 Å². The summed E-state index contributed by atoms with van der Waals surface area (Å²) in [5.74, 6) is 0. The van der Waals surface area contributed by atoms with Crippen LogP contribution in [0.1, 0.15) is 25.5 Å². The lowest BCUT2D eigenvalue weighted by molar-refractivity contribution is -0.0385. The number of carbonyl (C=O) groups is 1. The van der Waals surface area contributed by atoms with Crippen LogP contribution in [0.15, 0.2) is 30.6 Å². The first kappa shape index (κ1) is 17.5. The summed E-state index contributed by atoms with van der Waals surface area (Å²) in [4.78, 5) is 22.6. The highest BCUT2D eigenvalue weighted by Crippen LogP contribution is 2.33. The van der Waals surface area contributed by atoms with E-state index in [0.717, 1.165) is 0 Å². The normalized spacial score (nSPS) is 23.2. The molecule has 1 unspecified atom stereocenters. The maximum Gasteiger partial charge on any atom is 0.407 e. The van der Waals surface area contributed by atoms with Gasteiger partial charge in [-0.15, -0.1) is 0 Å². The van der Waals surface area contributed by atoms with Crippen LogP contribution in [0.2, 0.25) is 0 Å². The SMILES string of the molecule is C[C@@H]1CN(C(=O)O)[C@@H](C)CN1C(c1ccc2nccnc2c1)C(F)F. The van der Waals surface area contributed by atoms with Gasteiger partial charge in [-0.3, -0.25) is 14.9 Å². The quantitative estimate of drug-likeness (QED) is 0.921. The Morgan fingerprint density at radius 3 is 2.48 bits per heavy atom. The molecule has 8 heteroatoms. The van der Waals surface area contributed by atoms with E-state index in [-0.39, 0.29) is 25.2 Å².